The Bertz CT molecular complexity index is 627. The predicted molar refractivity (Wildman–Crippen MR) is 87.3 cm³/mol. The third-order valence-corrected chi connectivity index (χ3v) is 4.82. The lowest BCUT2D eigenvalue weighted by Crippen LogP contribution is -2.45. The molecule has 4 nitrogen and oxygen atoms in total. The lowest BCUT2D eigenvalue weighted by atomic mass is 10.0. The highest BCUT2D eigenvalue weighted by molar-refractivity contribution is 7.09. The molecule has 1 saturated heterocycles. The first-order valence-electron chi connectivity index (χ1n) is 7.53. The van der Waals surface area contributed by atoms with Gasteiger partial charge in [-0.25, -0.2) is 4.98 Å². The van der Waals surface area contributed by atoms with Crippen LogP contribution in [0.5, 0.6) is 0 Å². The summed E-state index contributed by atoms with van der Waals surface area (Å²) in [6.07, 6.45) is 0.494. The molecule has 1 atom stereocenters. The fourth-order valence-electron chi connectivity index (χ4n) is 2.69. The van der Waals surface area contributed by atoms with E-state index in [-0.39, 0.29) is 11.8 Å². The average Bonchev–Trinajstić information content (AvgIpc) is 2.95. The van der Waals surface area contributed by atoms with Crippen LogP contribution in [0.1, 0.15) is 27.5 Å². The minimum absolute atomic E-state index is 0.130. The normalized spacial score (nSPS) is 19.2. The zero-order chi connectivity index (χ0) is 15.4. The van der Waals surface area contributed by atoms with Gasteiger partial charge < -0.3 is 4.74 Å². The molecule has 1 aromatic carbocycles. The first kappa shape index (κ1) is 15.3. The van der Waals surface area contributed by atoms with Gasteiger partial charge >= 0.3 is 0 Å². The van der Waals surface area contributed by atoms with E-state index in [1.54, 1.807) is 11.3 Å². The fraction of sp³-hybridized carbons (Fsp3) is 0.412. The Kier molecular flexibility index (Phi) is 4.97. The summed E-state index contributed by atoms with van der Waals surface area (Å²) in [6, 6.07) is 9.62. The van der Waals surface area contributed by atoms with Gasteiger partial charge in [-0.3, -0.25) is 9.69 Å². The minimum Gasteiger partial charge on any atom is -0.378 e. The molecule has 2 aromatic rings. The molecule has 1 aliphatic rings. The van der Waals surface area contributed by atoms with Gasteiger partial charge in [-0.2, -0.15) is 0 Å². The van der Waals surface area contributed by atoms with Crippen LogP contribution in [0, 0.1) is 6.92 Å². The van der Waals surface area contributed by atoms with Crippen LogP contribution in [0.25, 0.3) is 0 Å². The SMILES string of the molecule is Cc1csc(CN2CCOC[C@@H]2CC(=O)c2ccccc2)n1. The van der Waals surface area contributed by atoms with Crippen LogP contribution in [0.4, 0.5) is 0 Å². The van der Waals surface area contributed by atoms with Crippen LogP contribution in [0.3, 0.4) is 0 Å². The quantitative estimate of drug-likeness (QED) is 0.796. The van der Waals surface area contributed by atoms with Crippen molar-refractivity contribution in [2.75, 3.05) is 19.8 Å². The van der Waals surface area contributed by atoms with Crippen molar-refractivity contribution in [3.8, 4) is 0 Å². The van der Waals surface area contributed by atoms with Crippen LogP contribution < -0.4 is 0 Å². The molecule has 5 heteroatoms. The van der Waals surface area contributed by atoms with E-state index in [0.29, 0.717) is 13.0 Å². The van der Waals surface area contributed by atoms with Crippen molar-refractivity contribution in [1.82, 2.24) is 9.88 Å². The number of ether oxygens (including phenoxy) is 1. The molecule has 1 aromatic heterocycles. The maximum atomic E-state index is 12.4. The fourth-order valence-corrected chi connectivity index (χ4v) is 3.49. The van der Waals surface area contributed by atoms with Crippen molar-refractivity contribution in [3.63, 3.8) is 0 Å². The van der Waals surface area contributed by atoms with Gasteiger partial charge in [0.15, 0.2) is 5.78 Å². The number of nitrogens with zero attached hydrogens (tertiary/aromatic N) is 2. The van der Waals surface area contributed by atoms with Gasteiger partial charge in [0.05, 0.1) is 19.8 Å². The second-order valence-corrected chi connectivity index (χ2v) is 6.52. The third-order valence-electron chi connectivity index (χ3n) is 3.87. The van der Waals surface area contributed by atoms with Crippen LogP contribution in [-0.2, 0) is 11.3 Å². The Morgan fingerprint density at radius 2 is 2.23 bits per heavy atom. The molecule has 0 saturated carbocycles. The Hall–Kier alpha value is -1.56. The number of carbonyl (C=O) groups excluding carboxylic acids is 1. The highest BCUT2D eigenvalue weighted by atomic mass is 32.1. The van der Waals surface area contributed by atoms with Crippen molar-refractivity contribution in [2.24, 2.45) is 0 Å². The van der Waals surface area contributed by atoms with Gasteiger partial charge in [0.2, 0.25) is 0 Å². The smallest absolute Gasteiger partial charge is 0.164 e. The van der Waals surface area contributed by atoms with E-state index in [4.69, 9.17) is 4.74 Å². The highest BCUT2D eigenvalue weighted by Gasteiger charge is 2.26. The number of hydrogen-bond acceptors (Lipinski definition) is 5. The van der Waals surface area contributed by atoms with Crippen LogP contribution in [0.15, 0.2) is 35.7 Å². The standard InChI is InChI=1S/C17H20N2O2S/c1-13-12-22-17(18-13)10-19-7-8-21-11-15(19)9-16(20)14-5-3-2-4-6-14/h2-6,12,15H,7-11H2,1H3/t15-/m0/s1. The Morgan fingerprint density at radius 1 is 1.41 bits per heavy atom. The summed E-state index contributed by atoms with van der Waals surface area (Å²) in [5.41, 5.74) is 1.84. The van der Waals surface area contributed by atoms with Gasteiger partial charge in [0.25, 0.3) is 0 Å². The monoisotopic (exact) mass is 316 g/mol. The third kappa shape index (κ3) is 3.80. The average molecular weight is 316 g/mol. The molecular weight excluding hydrogens is 296 g/mol. The van der Waals surface area contributed by atoms with Crippen LogP contribution >= 0.6 is 11.3 Å². The molecule has 0 bridgehead atoms. The van der Waals surface area contributed by atoms with Gasteiger partial charge in [-0.1, -0.05) is 30.3 Å². The lowest BCUT2D eigenvalue weighted by Gasteiger charge is -2.34. The lowest BCUT2D eigenvalue weighted by molar-refractivity contribution is -0.0126. The summed E-state index contributed by atoms with van der Waals surface area (Å²) in [6.45, 7) is 5.00. The molecule has 1 fully saturated rings. The molecular formula is C17H20N2O2S. The van der Waals surface area contributed by atoms with E-state index in [2.05, 4.69) is 15.3 Å². The molecule has 0 radical (unpaired) electrons. The van der Waals surface area contributed by atoms with E-state index in [0.717, 1.165) is 36.0 Å². The highest BCUT2D eigenvalue weighted by Crippen LogP contribution is 2.19. The Morgan fingerprint density at radius 3 is 2.95 bits per heavy atom. The summed E-state index contributed by atoms with van der Waals surface area (Å²) in [5, 5.41) is 3.18. The number of thiazole rings is 1. The van der Waals surface area contributed by atoms with Crippen LogP contribution in [-0.4, -0.2) is 41.5 Å². The van der Waals surface area contributed by atoms with Crippen molar-refractivity contribution >= 4 is 17.1 Å². The number of hydrogen-bond donors (Lipinski definition) is 0. The molecule has 0 aliphatic carbocycles. The van der Waals surface area contributed by atoms with Crippen molar-refractivity contribution in [3.05, 3.63) is 52.0 Å². The zero-order valence-electron chi connectivity index (χ0n) is 12.7. The van der Waals surface area contributed by atoms with Gasteiger partial charge in [0.1, 0.15) is 5.01 Å². The second kappa shape index (κ2) is 7.13. The van der Waals surface area contributed by atoms with E-state index >= 15 is 0 Å². The number of aryl methyl sites for hydroxylation is 1. The molecule has 0 unspecified atom stereocenters. The van der Waals surface area contributed by atoms with Gasteiger partial charge in [-0.05, 0) is 6.92 Å². The Labute approximate surface area is 134 Å². The number of morpholine rings is 1. The van der Waals surface area contributed by atoms with E-state index in [9.17, 15) is 4.79 Å². The summed E-state index contributed by atoms with van der Waals surface area (Å²) in [5.74, 6) is 0.177. The van der Waals surface area contributed by atoms with Crippen molar-refractivity contribution < 1.29 is 9.53 Å². The molecule has 0 N–H and O–H groups in total. The number of ketones is 1. The van der Waals surface area contributed by atoms with Gasteiger partial charge in [0, 0.05) is 35.6 Å². The van der Waals surface area contributed by atoms with E-state index in [1.807, 2.05) is 37.3 Å². The van der Waals surface area contributed by atoms with E-state index in [1.165, 1.54) is 0 Å². The molecule has 0 amide bonds. The summed E-state index contributed by atoms with van der Waals surface area (Å²) >= 11 is 1.68. The topological polar surface area (TPSA) is 42.4 Å². The van der Waals surface area contributed by atoms with Gasteiger partial charge in [-0.15, -0.1) is 11.3 Å². The molecule has 1 aliphatic heterocycles. The first-order chi connectivity index (χ1) is 10.7. The number of carbonyl (C=O) groups is 1. The number of Topliss-reactive ketones (excluding diaryl/α,β-unsaturated/α-hetero) is 1. The van der Waals surface area contributed by atoms with Crippen molar-refractivity contribution in [1.29, 1.82) is 0 Å². The first-order valence-corrected chi connectivity index (χ1v) is 8.41. The molecule has 22 heavy (non-hydrogen) atoms. The summed E-state index contributed by atoms with van der Waals surface area (Å²) in [7, 11) is 0. The summed E-state index contributed by atoms with van der Waals surface area (Å²) < 4.78 is 5.58. The predicted octanol–water partition coefficient (Wildman–Crippen LogP) is 2.93. The maximum absolute atomic E-state index is 12.4. The largest absolute Gasteiger partial charge is 0.378 e. The van der Waals surface area contributed by atoms with Crippen molar-refractivity contribution in [2.45, 2.75) is 25.9 Å². The number of rotatable bonds is 5. The minimum atomic E-state index is 0.130. The summed E-state index contributed by atoms with van der Waals surface area (Å²) in [4.78, 5) is 19.3. The number of benzene rings is 1. The molecule has 0 spiro atoms. The van der Waals surface area contributed by atoms with E-state index < -0.39 is 0 Å². The molecule has 2 heterocycles. The Balaban J connectivity index is 1.66. The number of aromatic nitrogens is 1. The zero-order valence-corrected chi connectivity index (χ0v) is 13.5. The van der Waals surface area contributed by atoms with Crippen LogP contribution in [0.2, 0.25) is 0 Å². The molecule has 3 rings (SSSR count). The maximum Gasteiger partial charge on any atom is 0.164 e. The second-order valence-electron chi connectivity index (χ2n) is 5.58. The molecule has 116 valence electrons.